The van der Waals surface area contributed by atoms with E-state index in [1.165, 1.54) is 0 Å². The molecule has 1 aliphatic carbocycles. The molecule has 0 spiro atoms. The molecule has 0 saturated heterocycles. The molecule has 0 aliphatic heterocycles. The van der Waals surface area contributed by atoms with Crippen LogP contribution in [0.25, 0.3) is 0 Å². The molecule has 1 saturated carbocycles. The highest BCUT2D eigenvalue weighted by atomic mass is 16.5. The third-order valence-corrected chi connectivity index (χ3v) is 4.07. The molecule has 2 unspecified atom stereocenters. The minimum Gasteiger partial charge on any atom is -0.391 e. The second-order valence-electron chi connectivity index (χ2n) is 5.69. The van der Waals surface area contributed by atoms with E-state index in [-0.39, 0.29) is 12.1 Å². The zero-order chi connectivity index (χ0) is 15.8. The van der Waals surface area contributed by atoms with Gasteiger partial charge >= 0.3 is 6.03 Å². The van der Waals surface area contributed by atoms with E-state index >= 15 is 0 Å². The number of aliphatic hydroxyl groups excluding tert-OH is 1. The van der Waals surface area contributed by atoms with Crippen LogP contribution < -0.4 is 10.6 Å². The Kier molecular flexibility index (Phi) is 6.68. The fourth-order valence-electron chi connectivity index (χ4n) is 2.76. The SMILES string of the molecule is CCOCc1ccccc1CNC(=O)NC1CCCCC1O. The molecule has 1 fully saturated rings. The zero-order valence-electron chi connectivity index (χ0n) is 13.2. The molecule has 22 heavy (non-hydrogen) atoms. The van der Waals surface area contributed by atoms with E-state index in [0.717, 1.165) is 36.8 Å². The summed E-state index contributed by atoms with van der Waals surface area (Å²) in [4.78, 5) is 12.0. The molecular formula is C17H26N2O3. The largest absolute Gasteiger partial charge is 0.391 e. The number of aliphatic hydroxyl groups is 1. The maximum Gasteiger partial charge on any atom is 0.315 e. The summed E-state index contributed by atoms with van der Waals surface area (Å²) < 4.78 is 5.44. The van der Waals surface area contributed by atoms with Crippen molar-refractivity contribution in [3.63, 3.8) is 0 Å². The van der Waals surface area contributed by atoms with Gasteiger partial charge in [0.2, 0.25) is 0 Å². The highest BCUT2D eigenvalue weighted by Crippen LogP contribution is 2.18. The Morgan fingerprint density at radius 2 is 2.00 bits per heavy atom. The summed E-state index contributed by atoms with van der Waals surface area (Å²) >= 11 is 0. The summed E-state index contributed by atoms with van der Waals surface area (Å²) in [6, 6.07) is 7.56. The Bertz CT molecular complexity index is 479. The Morgan fingerprint density at radius 1 is 1.27 bits per heavy atom. The first-order valence-electron chi connectivity index (χ1n) is 8.07. The average Bonchev–Trinajstić information content (AvgIpc) is 2.54. The Balaban J connectivity index is 1.83. The number of rotatable bonds is 6. The Hall–Kier alpha value is -1.59. The second-order valence-corrected chi connectivity index (χ2v) is 5.69. The van der Waals surface area contributed by atoms with E-state index in [2.05, 4.69) is 10.6 Å². The van der Waals surface area contributed by atoms with E-state index in [1.54, 1.807) is 0 Å². The number of ether oxygens (including phenoxy) is 1. The van der Waals surface area contributed by atoms with Crippen LogP contribution in [-0.4, -0.2) is 29.9 Å². The number of carbonyl (C=O) groups is 1. The molecule has 0 radical (unpaired) electrons. The highest BCUT2D eigenvalue weighted by Gasteiger charge is 2.24. The number of benzene rings is 1. The average molecular weight is 306 g/mol. The third kappa shape index (κ3) is 5.00. The maximum absolute atomic E-state index is 12.0. The van der Waals surface area contributed by atoms with Crippen LogP contribution in [0, 0.1) is 0 Å². The molecule has 0 aromatic heterocycles. The number of nitrogens with one attached hydrogen (secondary N) is 2. The van der Waals surface area contributed by atoms with E-state index in [9.17, 15) is 9.90 Å². The smallest absolute Gasteiger partial charge is 0.315 e. The van der Waals surface area contributed by atoms with Crippen LogP contribution in [0.4, 0.5) is 4.79 Å². The Morgan fingerprint density at radius 3 is 2.73 bits per heavy atom. The van der Waals surface area contributed by atoms with Gasteiger partial charge in [0.1, 0.15) is 0 Å². The fourth-order valence-corrected chi connectivity index (χ4v) is 2.76. The molecule has 5 heteroatoms. The molecule has 5 nitrogen and oxygen atoms in total. The van der Waals surface area contributed by atoms with Gasteiger partial charge in [0.15, 0.2) is 0 Å². The molecule has 122 valence electrons. The lowest BCUT2D eigenvalue weighted by Gasteiger charge is -2.28. The molecule has 3 N–H and O–H groups in total. The topological polar surface area (TPSA) is 70.6 Å². The van der Waals surface area contributed by atoms with Crippen molar-refractivity contribution in [2.75, 3.05) is 6.61 Å². The lowest BCUT2D eigenvalue weighted by molar-refractivity contribution is 0.0943. The third-order valence-electron chi connectivity index (χ3n) is 4.07. The standard InChI is InChI=1S/C17H26N2O3/c1-2-22-12-14-8-4-3-7-13(14)11-18-17(21)19-15-9-5-6-10-16(15)20/h3-4,7-8,15-16,20H,2,5-6,9-12H2,1H3,(H2,18,19,21). The molecule has 2 atom stereocenters. The minimum absolute atomic E-state index is 0.132. The lowest BCUT2D eigenvalue weighted by Crippen LogP contribution is -2.48. The van der Waals surface area contributed by atoms with E-state index in [1.807, 2.05) is 31.2 Å². The summed E-state index contributed by atoms with van der Waals surface area (Å²) in [6.45, 7) is 3.64. The maximum atomic E-state index is 12.0. The predicted molar refractivity (Wildman–Crippen MR) is 85.4 cm³/mol. The number of amides is 2. The van der Waals surface area contributed by atoms with Crippen molar-refractivity contribution < 1.29 is 14.6 Å². The normalized spacial score (nSPS) is 21.4. The van der Waals surface area contributed by atoms with Crippen molar-refractivity contribution in [1.82, 2.24) is 10.6 Å². The molecule has 1 aliphatic rings. The summed E-state index contributed by atoms with van der Waals surface area (Å²) in [6.07, 6.45) is 3.27. The first-order valence-corrected chi connectivity index (χ1v) is 8.07. The molecule has 2 amide bonds. The minimum atomic E-state index is -0.426. The Labute approximate surface area is 132 Å². The molecule has 1 aromatic rings. The van der Waals surface area contributed by atoms with Crippen LogP contribution in [0.5, 0.6) is 0 Å². The van der Waals surface area contributed by atoms with Crippen LogP contribution in [0.2, 0.25) is 0 Å². The zero-order valence-corrected chi connectivity index (χ0v) is 13.2. The number of hydrogen-bond acceptors (Lipinski definition) is 3. The lowest BCUT2D eigenvalue weighted by atomic mass is 9.93. The van der Waals surface area contributed by atoms with Gasteiger partial charge in [-0.2, -0.15) is 0 Å². The van der Waals surface area contributed by atoms with Crippen LogP contribution in [0.3, 0.4) is 0 Å². The fraction of sp³-hybridized carbons (Fsp3) is 0.588. The van der Waals surface area contributed by atoms with Crippen molar-refractivity contribution in [3.8, 4) is 0 Å². The first kappa shape index (κ1) is 16.8. The van der Waals surface area contributed by atoms with Crippen LogP contribution in [0.1, 0.15) is 43.7 Å². The first-order chi connectivity index (χ1) is 10.7. The van der Waals surface area contributed by atoms with Gasteiger partial charge in [-0.15, -0.1) is 0 Å². The van der Waals surface area contributed by atoms with E-state index in [4.69, 9.17) is 4.74 Å². The summed E-state index contributed by atoms with van der Waals surface area (Å²) in [5.41, 5.74) is 2.14. The van der Waals surface area contributed by atoms with Crippen molar-refractivity contribution in [3.05, 3.63) is 35.4 Å². The van der Waals surface area contributed by atoms with Crippen molar-refractivity contribution in [2.24, 2.45) is 0 Å². The monoisotopic (exact) mass is 306 g/mol. The van der Waals surface area contributed by atoms with Crippen LogP contribution >= 0.6 is 0 Å². The van der Waals surface area contributed by atoms with Crippen molar-refractivity contribution in [2.45, 2.75) is 57.9 Å². The molecule has 0 heterocycles. The number of carbonyl (C=O) groups excluding carboxylic acids is 1. The van der Waals surface area contributed by atoms with Crippen LogP contribution in [0.15, 0.2) is 24.3 Å². The van der Waals surface area contributed by atoms with Gasteiger partial charge in [0.05, 0.1) is 18.8 Å². The molecule has 1 aromatic carbocycles. The molecule has 2 rings (SSSR count). The van der Waals surface area contributed by atoms with Crippen LogP contribution in [-0.2, 0) is 17.9 Å². The summed E-state index contributed by atoms with van der Waals surface area (Å²) in [7, 11) is 0. The van der Waals surface area contributed by atoms with Crippen molar-refractivity contribution >= 4 is 6.03 Å². The summed E-state index contributed by atoms with van der Waals surface area (Å²) in [5.74, 6) is 0. The quantitative estimate of drug-likeness (QED) is 0.755. The molecule has 0 bridgehead atoms. The van der Waals surface area contributed by atoms with Gasteiger partial charge in [-0.3, -0.25) is 0 Å². The number of urea groups is 1. The molecular weight excluding hydrogens is 280 g/mol. The van der Waals surface area contributed by atoms with Crippen molar-refractivity contribution in [1.29, 1.82) is 0 Å². The van der Waals surface area contributed by atoms with Gasteiger partial charge < -0.3 is 20.5 Å². The highest BCUT2D eigenvalue weighted by molar-refractivity contribution is 5.74. The second kappa shape index (κ2) is 8.76. The van der Waals surface area contributed by atoms with Gasteiger partial charge in [-0.1, -0.05) is 37.1 Å². The van der Waals surface area contributed by atoms with Gasteiger partial charge in [0, 0.05) is 13.2 Å². The van der Waals surface area contributed by atoms with Gasteiger partial charge in [-0.25, -0.2) is 4.79 Å². The van der Waals surface area contributed by atoms with E-state index in [0.29, 0.717) is 19.8 Å². The number of hydrogen-bond donors (Lipinski definition) is 3. The van der Waals surface area contributed by atoms with Gasteiger partial charge in [0.25, 0.3) is 0 Å². The summed E-state index contributed by atoms with van der Waals surface area (Å²) in [5, 5.41) is 15.6. The van der Waals surface area contributed by atoms with Gasteiger partial charge in [-0.05, 0) is 30.9 Å². The predicted octanol–water partition coefficient (Wildman–Crippen LogP) is 2.33. The van der Waals surface area contributed by atoms with E-state index < -0.39 is 6.10 Å².